The van der Waals surface area contributed by atoms with E-state index in [4.69, 9.17) is 17.3 Å². The molecule has 0 aliphatic heterocycles. The monoisotopic (exact) mass is 285 g/mol. The fourth-order valence-electron chi connectivity index (χ4n) is 1.89. The van der Waals surface area contributed by atoms with E-state index in [0.29, 0.717) is 16.5 Å². The smallest absolute Gasteiger partial charge is 0.187 e. The van der Waals surface area contributed by atoms with Crippen molar-refractivity contribution in [2.24, 2.45) is 0 Å². The van der Waals surface area contributed by atoms with Gasteiger partial charge in [0.25, 0.3) is 0 Å². The predicted octanol–water partition coefficient (Wildman–Crippen LogP) is 2.87. The second kappa shape index (κ2) is 4.94. The lowest BCUT2D eigenvalue weighted by atomic mass is 10.2. The first kappa shape index (κ1) is 12.6. The van der Waals surface area contributed by atoms with Crippen molar-refractivity contribution < 1.29 is 0 Å². The van der Waals surface area contributed by atoms with E-state index >= 15 is 0 Å². The molecule has 20 heavy (non-hydrogen) atoms. The first-order valence-electron chi connectivity index (χ1n) is 6.06. The van der Waals surface area contributed by atoms with Crippen molar-refractivity contribution in [2.75, 3.05) is 5.73 Å². The highest BCUT2D eigenvalue weighted by molar-refractivity contribution is 6.33. The highest BCUT2D eigenvalue weighted by atomic mass is 35.5. The molecule has 2 N–H and O–H groups in total. The molecule has 0 unspecified atom stereocenters. The minimum Gasteiger partial charge on any atom is -0.398 e. The standard InChI is InChI=1S/C14H12ClN5/c1-9-2-5-11(6-3-9)20-14(17-18-19-20)10-4-7-13(16)12(15)8-10/h2-8H,16H2,1H3. The number of nitrogen functional groups attached to an aromatic ring is 1. The highest BCUT2D eigenvalue weighted by Crippen LogP contribution is 2.26. The summed E-state index contributed by atoms with van der Waals surface area (Å²) >= 11 is 6.05. The summed E-state index contributed by atoms with van der Waals surface area (Å²) in [4.78, 5) is 0. The molecule has 3 rings (SSSR count). The van der Waals surface area contributed by atoms with Crippen molar-refractivity contribution in [3.8, 4) is 17.1 Å². The molecule has 0 spiro atoms. The maximum atomic E-state index is 6.05. The molecular formula is C14H12ClN5. The number of aryl methyl sites for hydroxylation is 1. The summed E-state index contributed by atoms with van der Waals surface area (Å²) in [6.07, 6.45) is 0. The number of rotatable bonds is 2. The number of anilines is 1. The molecular weight excluding hydrogens is 274 g/mol. The second-order valence-corrected chi connectivity index (χ2v) is 4.89. The molecule has 0 saturated carbocycles. The van der Waals surface area contributed by atoms with Crippen molar-refractivity contribution in [1.29, 1.82) is 0 Å². The molecule has 5 nitrogen and oxygen atoms in total. The molecule has 1 heterocycles. The maximum Gasteiger partial charge on any atom is 0.187 e. The molecule has 0 radical (unpaired) electrons. The molecule has 2 aromatic carbocycles. The summed E-state index contributed by atoms with van der Waals surface area (Å²) in [6.45, 7) is 2.03. The van der Waals surface area contributed by atoms with Crippen LogP contribution in [0, 0.1) is 6.92 Å². The molecule has 100 valence electrons. The fraction of sp³-hybridized carbons (Fsp3) is 0.0714. The zero-order valence-corrected chi connectivity index (χ0v) is 11.5. The van der Waals surface area contributed by atoms with Gasteiger partial charge < -0.3 is 5.73 Å². The summed E-state index contributed by atoms with van der Waals surface area (Å²) < 4.78 is 1.67. The van der Waals surface area contributed by atoms with Gasteiger partial charge in [0.1, 0.15) is 0 Å². The Bertz CT molecular complexity index is 749. The lowest BCUT2D eigenvalue weighted by Crippen LogP contribution is -2.00. The van der Waals surface area contributed by atoms with Crippen LogP contribution in [0.3, 0.4) is 0 Å². The number of tetrazole rings is 1. The summed E-state index contributed by atoms with van der Waals surface area (Å²) in [5, 5.41) is 12.3. The van der Waals surface area contributed by atoms with E-state index in [2.05, 4.69) is 15.5 Å². The minimum absolute atomic E-state index is 0.487. The van der Waals surface area contributed by atoms with E-state index in [1.807, 2.05) is 37.3 Å². The molecule has 0 bridgehead atoms. The van der Waals surface area contributed by atoms with Crippen LogP contribution in [0.2, 0.25) is 5.02 Å². The summed E-state index contributed by atoms with van der Waals surface area (Å²) in [6, 6.07) is 13.3. The van der Waals surface area contributed by atoms with Gasteiger partial charge in [-0.1, -0.05) is 29.3 Å². The van der Waals surface area contributed by atoms with Crippen molar-refractivity contribution in [1.82, 2.24) is 20.2 Å². The molecule has 0 fully saturated rings. The molecule has 6 heteroatoms. The third-order valence-electron chi connectivity index (χ3n) is 3.01. The van der Waals surface area contributed by atoms with Crippen molar-refractivity contribution >= 4 is 17.3 Å². The summed E-state index contributed by atoms with van der Waals surface area (Å²) in [5.41, 5.74) is 9.14. The molecule has 0 aliphatic carbocycles. The van der Waals surface area contributed by atoms with Crippen LogP contribution in [0.1, 0.15) is 5.56 Å². The van der Waals surface area contributed by atoms with Crippen molar-refractivity contribution in [2.45, 2.75) is 6.92 Å². The van der Waals surface area contributed by atoms with Crippen LogP contribution in [0.5, 0.6) is 0 Å². The second-order valence-electron chi connectivity index (χ2n) is 4.49. The number of hydrogen-bond donors (Lipinski definition) is 1. The largest absolute Gasteiger partial charge is 0.398 e. The Morgan fingerprint density at radius 2 is 1.85 bits per heavy atom. The van der Waals surface area contributed by atoms with Crippen LogP contribution < -0.4 is 5.73 Å². The Kier molecular flexibility index (Phi) is 3.12. The summed E-state index contributed by atoms with van der Waals surface area (Å²) in [5.74, 6) is 0.621. The van der Waals surface area contributed by atoms with Gasteiger partial charge in [-0.05, 0) is 47.7 Å². The van der Waals surface area contributed by atoms with Gasteiger partial charge in [-0.15, -0.1) is 5.10 Å². The first-order chi connectivity index (χ1) is 9.65. The van der Waals surface area contributed by atoms with Gasteiger partial charge in [0.2, 0.25) is 0 Å². The van der Waals surface area contributed by atoms with Gasteiger partial charge in [-0.25, -0.2) is 0 Å². The Labute approximate surface area is 121 Å². The van der Waals surface area contributed by atoms with E-state index in [0.717, 1.165) is 11.3 Å². The van der Waals surface area contributed by atoms with E-state index < -0.39 is 0 Å². The van der Waals surface area contributed by atoms with Gasteiger partial charge in [0, 0.05) is 5.56 Å². The van der Waals surface area contributed by atoms with E-state index in [9.17, 15) is 0 Å². The third kappa shape index (κ3) is 2.23. The van der Waals surface area contributed by atoms with Gasteiger partial charge in [-0.3, -0.25) is 0 Å². The first-order valence-corrected chi connectivity index (χ1v) is 6.44. The van der Waals surface area contributed by atoms with E-state index in [1.54, 1.807) is 16.8 Å². The Morgan fingerprint density at radius 3 is 2.55 bits per heavy atom. The predicted molar refractivity (Wildman–Crippen MR) is 78.7 cm³/mol. The molecule has 0 amide bonds. The maximum absolute atomic E-state index is 6.05. The van der Waals surface area contributed by atoms with Gasteiger partial charge in [0.15, 0.2) is 5.82 Å². The van der Waals surface area contributed by atoms with Gasteiger partial charge >= 0.3 is 0 Å². The average molecular weight is 286 g/mol. The highest BCUT2D eigenvalue weighted by Gasteiger charge is 2.11. The SMILES string of the molecule is Cc1ccc(-n2nnnc2-c2ccc(N)c(Cl)c2)cc1. The quantitative estimate of drug-likeness (QED) is 0.735. The van der Waals surface area contributed by atoms with Crippen LogP contribution >= 0.6 is 11.6 Å². The van der Waals surface area contributed by atoms with Crippen LogP contribution in [0.4, 0.5) is 5.69 Å². The van der Waals surface area contributed by atoms with Crippen LogP contribution in [0.15, 0.2) is 42.5 Å². The molecule has 0 saturated heterocycles. The number of benzene rings is 2. The topological polar surface area (TPSA) is 69.6 Å². The number of nitrogens with zero attached hydrogens (tertiary/aromatic N) is 4. The summed E-state index contributed by atoms with van der Waals surface area (Å²) in [7, 11) is 0. The molecule has 1 aromatic heterocycles. The van der Waals surface area contributed by atoms with Crippen LogP contribution in [-0.4, -0.2) is 20.2 Å². The van der Waals surface area contributed by atoms with Crippen LogP contribution in [-0.2, 0) is 0 Å². The van der Waals surface area contributed by atoms with E-state index in [-0.39, 0.29) is 0 Å². The molecule has 3 aromatic rings. The van der Waals surface area contributed by atoms with Crippen LogP contribution in [0.25, 0.3) is 17.1 Å². The zero-order valence-electron chi connectivity index (χ0n) is 10.8. The van der Waals surface area contributed by atoms with Gasteiger partial charge in [0.05, 0.1) is 16.4 Å². The Morgan fingerprint density at radius 1 is 1.10 bits per heavy atom. The normalized spacial score (nSPS) is 10.7. The fourth-order valence-corrected chi connectivity index (χ4v) is 2.07. The lowest BCUT2D eigenvalue weighted by molar-refractivity contribution is 0.791. The third-order valence-corrected chi connectivity index (χ3v) is 3.33. The number of aromatic nitrogens is 4. The van der Waals surface area contributed by atoms with E-state index in [1.165, 1.54) is 5.56 Å². The van der Waals surface area contributed by atoms with Crippen molar-refractivity contribution in [3.05, 3.63) is 53.1 Å². The minimum atomic E-state index is 0.487. The Balaban J connectivity index is 2.10. The lowest BCUT2D eigenvalue weighted by Gasteiger charge is -2.06. The Hall–Kier alpha value is -2.40. The number of hydrogen-bond acceptors (Lipinski definition) is 4. The molecule has 0 aliphatic rings. The number of nitrogens with two attached hydrogens (primary N) is 1. The zero-order chi connectivity index (χ0) is 14.1. The molecule has 0 atom stereocenters. The van der Waals surface area contributed by atoms with Gasteiger partial charge in [-0.2, -0.15) is 4.68 Å². The van der Waals surface area contributed by atoms with Crippen molar-refractivity contribution in [3.63, 3.8) is 0 Å². The average Bonchev–Trinajstić information content (AvgIpc) is 2.92. The number of halogens is 1.